The molecule has 0 aromatic carbocycles. The van der Waals surface area contributed by atoms with Gasteiger partial charge in [0.15, 0.2) is 0 Å². The minimum Gasteiger partial charge on any atom is -0.466 e. The average molecular weight is 1230 g/mol. The minimum absolute atomic E-state index is 0.00918. The smallest absolute Gasteiger partial charge is 0.305 e. The molecular weight excluding hydrogens is 1070 g/mol. The lowest BCUT2D eigenvalue weighted by Gasteiger charge is -2.22. The van der Waals surface area contributed by atoms with E-state index in [1.54, 1.807) is 0 Å². The molecule has 6 heteroatoms. The Labute approximate surface area is 545 Å². The van der Waals surface area contributed by atoms with Crippen molar-refractivity contribution in [1.82, 2.24) is 5.32 Å². The van der Waals surface area contributed by atoms with Gasteiger partial charge in [0, 0.05) is 12.8 Å². The first kappa shape index (κ1) is 85.3. The molecule has 0 aromatic rings. The lowest BCUT2D eigenvalue weighted by Crippen LogP contribution is -2.45. The summed E-state index contributed by atoms with van der Waals surface area (Å²) in [5, 5.41) is 23.5. The van der Waals surface area contributed by atoms with E-state index in [4.69, 9.17) is 4.74 Å². The van der Waals surface area contributed by atoms with Crippen molar-refractivity contribution in [2.45, 2.75) is 469 Å². The Morgan fingerprint density at radius 3 is 0.885 bits per heavy atom. The van der Waals surface area contributed by atoms with Crippen molar-refractivity contribution in [1.29, 1.82) is 0 Å². The van der Waals surface area contributed by atoms with Crippen LogP contribution >= 0.6 is 0 Å². The second kappa shape index (κ2) is 76.8. The Kier molecular flexibility index (Phi) is 75.3. The largest absolute Gasteiger partial charge is 0.466 e. The number of allylic oxidation sites excluding steroid dienone is 4. The van der Waals surface area contributed by atoms with E-state index in [2.05, 4.69) is 43.5 Å². The van der Waals surface area contributed by atoms with Gasteiger partial charge < -0.3 is 20.3 Å². The number of amides is 1. The molecule has 6 nitrogen and oxygen atoms in total. The number of carbonyl (C=O) groups is 2. The number of hydrogen-bond acceptors (Lipinski definition) is 5. The highest BCUT2D eigenvalue weighted by Crippen LogP contribution is 2.20. The first-order chi connectivity index (χ1) is 43.0. The fourth-order valence-electron chi connectivity index (χ4n) is 12.9. The molecule has 0 saturated carbocycles. The molecule has 1 amide bonds. The van der Waals surface area contributed by atoms with Gasteiger partial charge in [-0.1, -0.05) is 411 Å². The van der Waals surface area contributed by atoms with Gasteiger partial charge in [-0.2, -0.15) is 0 Å². The summed E-state index contributed by atoms with van der Waals surface area (Å²) < 4.78 is 5.50. The van der Waals surface area contributed by atoms with Crippen molar-refractivity contribution in [3.05, 3.63) is 24.3 Å². The van der Waals surface area contributed by atoms with Crippen LogP contribution in [0.25, 0.3) is 0 Å². The van der Waals surface area contributed by atoms with E-state index >= 15 is 0 Å². The van der Waals surface area contributed by atoms with E-state index in [1.165, 1.54) is 372 Å². The zero-order chi connectivity index (χ0) is 62.8. The first-order valence-electron chi connectivity index (χ1n) is 40.1. The van der Waals surface area contributed by atoms with Gasteiger partial charge >= 0.3 is 5.97 Å². The number of nitrogens with one attached hydrogen (secondary N) is 1. The summed E-state index contributed by atoms with van der Waals surface area (Å²) in [4.78, 5) is 24.7. The fraction of sp³-hybridized carbons (Fsp3) is 0.926. The Morgan fingerprint density at radius 2 is 0.575 bits per heavy atom. The molecule has 3 N–H and O–H groups in total. The second-order valence-electron chi connectivity index (χ2n) is 27.8. The molecule has 0 spiro atoms. The Morgan fingerprint density at radius 1 is 0.322 bits per heavy atom. The quantitative estimate of drug-likeness (QED) is 0.0320. The molecular formula is C81H157NO5. The number of aliphatic hydroxyl groups is 2. The standard InChI is InChI=1S/C81H157NO5/c1-3-5-7-9-11-13-15-17-19-21-22-36-39-42-45-49-53-57-61-65-69-73-79(84)78(77-83)82-80(85)74-70-66-62-58-54-50-46-43-40-37-34-32-30-28-26-24-23-25-27-29-31-33-35-38-41-44-48-52-56-60-64-68-72-76-87-81(86)75-71-67-63-59-55-51-47-20-18-16-14-12-10-8-6-4-2/h14,16,20,47,78-79,83-84H,3-13,15,17-19,21-46,48-77H2,1-2H3,(H,82,85)/b16-14-,47-20-. The van der Waals surface area contributed by atoms with Crippen molar-refractivity contribution in [2.75, 3.05) is 13.2 Å². The monoisotopic (exact) mass is 1220 g/mol. The fourth-order valence-corrected chi connectivity index (χ4v) is 12.9. The predicted octanol–water partition coefficient (Wildman–Crippen LogP) is 26.4. The number of unbranched alkanes of at least 4 members (excludes halogenated alkanes) is 61. The molecule has 2 atom stereocenters. The molecule has 0 aliphatic heterocycles. The number of hydrogen-bond donors (Lipinski definition) is 3. The number of aliphatic hydroxyl groups excluding tert-OH is 2. The molecule has 516 valence electrons. The van der Waals surface area contributed by atoms with Gasteiger partial charge in [0.05, 0.1) is 25.4 Å². The van der Waals surface area contributed by atoms with Crippen LogP contribution in [0.3, 0.4) is 0 Å². The van der Waals surface area contributed by atoms with Crippen LogP contribution < -0.4 is 5.32 Å². The number of ether oxygens (including phenoxy) is 1. The van der Waals surface area contributed by atoms with Crippen LogP contribution in [0.15, 0.2) is 24.3 Å². The van der Waals surface area contributed by atoms with Crippen LogP contribution in [0.4, 0.5) is 0 Å². The summed E-state index contributed by atoms with van der Waals surface area (Å²) >= 11 is 0. The van der Waals surface area contributed by atoms with Crippen molar-refractivity contribution in [2.24, 2.45) is 0 Å². The van der Waals surface area contributed by atoms with Gasteiger partial charge in [-0.25, -0.2) is 0 Å². The summed E-state index contributed by atoms with van der Waals surface area (Å²) in [6, 6.07) is -0.539. The van der Waals surface area contributed by atoms with E-state index < -0.39 is 12.1 Å². The molecule has 0 fully saturated rings. The number of carbonyl (C=O) groups excluding carboxylic acids is 2. The van der Waals surface area contributed by atoms with Crippen LogP contribution in [0.5, 0.6) is 0 Å². The maximum atomic E-state index is 12.6. The summed E-state index contributed by atoms with van der Waals surface area (Å²) in [7, 11) is 0. The lowest BCUT2D eigenvalue weighted by molar-refractivity contribution is -0.143. The number of rotatable bonds is 76. The highest BCUT2D eigenvalue weighted by atomic mass is 16.5. The normalized spacial score (nSPS) is 12.6. The highest BCUT2D eigenvalue weighted by Gasteiger charge is 2.20. The third-order valence-electron chi connectivity index (χ3n) is 19.0. The number of esters is 1. The molecule has 0 aromatic heterocycles. The van der Waals surface area contributed by atoms with Crippen LogP contribution in [0, 0.1) is 0 Å². The molecule has 87 heavy (non-hydrogen) atoms. The Balaban J connectivity index is 3.32. The van der Waals surface area contributed by atoms with Gasteiger partial charge in [0.25, 0.3) is 0 Å². The van der Waals surface area contributed by atoms with Gasteiger partial charge in [-0.15, -0.1) is 0 Å². The molecule has 0 bridgehead atoms. The Hall–Kier alpha value is -1.66. The first-order valence-corrected chi connectivity index (χ1v) is 40.1. The molecule has 2 unspecified atom stereocenters. The molecule has 0 aliphatic carbocycles. The van der Waals surface area contributed by atoms with Crippen molar-refractivity contribution in [3.8, 4) is 0 Å². The van der Waals surface area contributed by atoms with Crippen LogP contribution in [-0.4, -0.2) is 47.4 Å². The van der Waals surface area contributed by atoms with Gasteiger partial charge in [0.2, 0.25) is 5.91 Å². The van der Waals surface area contributed by atoms with Crippen molar-refractivity contribution >= 4 is 11.9 Å². The highest BCUT2D eigenvalue weighted by molar-refractivity contribution is 5.76. The van der Waals surface area contributed by atoms with Crippen LogP contribution in [0.1, 0.15) is 457 Å². The SMILES string of the molecule is CCCCCC/C=C\C/C=C\CCCCCCCC(=O)OCCCCCCCCCCCCCCCCCCCCCCCCCCCCCCCCCCCC(=O)NC(CO)C(O)CCCCCCCCCCCCCCCCCCCCCCC. The van der Waals surface area contributed by atoms with E-state index in [9.17, 15) is 19.8 Å². The van der Waals surface area contributed by atoms with Gasteiger partial charge in [0.1, 0.15) is 0 Å². The van der Waals surface area contributed by atoms with Gasteiger partial charge in [-0.3, -0.25) is 9.59 Å². The summed E-state index contributed by atoms with van der Waals surface area (Å²) in [5.41, 5.74) is 0. The van der Waals surface area contributed by atoms with Crippen LogP contribution in [0.2, 0.25) is 0 Å². The summed E-state index contributed by atoms with van der Waals surface area (Å²) in [6.07, 6.45) is 98.5. The van der Waals surface area contributed by atoms with E-state index in [1.807, 2.05) is 0 Å². The third-order valence-corrected chi connectivity index (χ3v) is 19.0. The minimum atomic E-state index is -0.662. The summed E-state index contributed by atoms with van der Waals surface area (Å²) in [6.45, 7) is 4.98. The van der Waals surface area contributed by atoms with Crippen LogP contribution in [-0.2, 0) is 14.3 Å². The van der Waals surface area contributed by atoms with E-state index in [0.29, 0.717) is 25.9 Å². The van der Waals surface area contributed by atoms with Crippen molar-refractivity contribution < 1.29 is 24.5 Å². The maximum Gasteiger partial charge on any atom is 0.305 e. The predicted molar refractivity (Wildman–Crippen MR) is 384 cm³/mol. The average Bonchev–Trinajstić information content (AvgIpc) is 3.55. The topological polar surface area (TPSA) is 95.9 Å². The zero-order valence-corrected chi connectivity index (χ0v) is 59.3. The second-order valence-corrected chi connectivity index (χ2v) is 27.8. The molecule has 0 saturated heterocycles. The molecule has 0 rings (SSSR count). The Bertz CT molecular complexity index is 1360. The van der Waals surface area contributed by atoms with Gasteiger partial charge in [-0.05, 0) is 57.8 Å². The zero-order valence-electron chi connectivity index (χ0n) is 59.3. The lowest BCUT2D eigenvalue weighted by atomic mass is 10.0. The van der Waals surface area contributed by atoms with E-state index in [0.717, 1.165) is 51.4 Å². The van der Waals surface area contributed by atoms with E-state index in [-0.39, 0.29) is 18.5 Å². The summed E-state index contributed by atoms with van der Waals surface area (Å²) in [5.74, 6) is -0.0156. The van der Waals surface area contributed by atoms with Crippen molar-refractivity contribution in [3.63, 3.8) is 0 Å². The molecule has 0 radical (unpaired) electrons. The third kappa shape index (κ3) is 73.3. The molecule has 0 heterocycles. The molecule has 0 aliphatic rings. The maximum absolute atomic E-state index is 12.6.